The first kappa shape index (κ1) is 8.97. The summed E-state index contributed by atoms with van der Waals surface area (Å²) in [5.41, 5.74) is 0. The van der Waals surface area contributed by atoms with E-state index in [2.05, 4.69) is 0 Å². The number of carbonyl (C=O) groups is 2. The van der Waals surface area contributed by atoms with Gasteiger partial charge in [-0.1, -0.05) is 0 Å². The summed E-state index contributed by atoms with van der Waals surface area (Å²) in [6.45, 7) is 3.31. The van der Waals surface area contributed by atoms with Gasteiger partial charge in [-0.25, -0.2) is 0 Å². The quantitative estimate of drug-likeness (QED) is 0.616. The Kier molecular flexibility index (Phi) is 2.63. The average Bonchev–Trinajstić information content (AvgIpc) is 2.04. The van der Waals surface area contributed by atoms with Crippen molar-refractivity contribution >= 4 is 11.6 Å². The zero-order chi connectivity index (χ0) is 9.14. The number of ether oxygens (including phenoxy) is 1. The lowest BCUT2D eigenvalue weighted by molar-refractivity contribution is -0.130. The molecule has 66 valence electrons. The van der Waals surface area contributed by atoms with Gasteiger partial charge in [0.15, 0.2) is 0 Å². The summed E-state index contributed by atoms with van der Waals surface area (Å²) >= 11 is 0. The highest BCUT2D eigenvalue weighted by molar-refractivity contribution is 5.89. The molecule has 1 aliphatic rings. The first-order chi connectivity index (χ1) is 5.63. The average molecular weight is 168 g/mol. The van der Waals surface area contributed by atoms with Crippen LogP contribution in [0.3, 0.4) is 0 Å². The molecule has 2 atom stereocenters. The van der Waals surface area contributed by atoms with Crippen LogP contribution in [0.25, 0.3) is 0 Å². The summed E-state index contributed by atoms with van der Waals surface area (Å²) in [7, 11) is 0. The van der Waals surface area contributed by atoms with Crippen molar-refractivity contribution in [1.29, 1.82) is 0 Å². The van der Waals surface area contributed by atoms with Crippen molar-refractivity contribution in [1.82, 2.24) is 0 Å². The van der Waals surface area contributed by atoms with Gasteiger partial charge in [0.1, 0.15) is 11.6 Å². The molecule has 0 aromatic carbocycles. The van der Waals surface area contributed by atoms with Crippen LogP contribution in [-0.4, -0.2) is 18.2 Å². The van der Waals surface area contributed by atoms with Crippen LogP contribution >= 0.6 is 0 Å². The molecule has 0 aromatic heterocycles. The zero-order valence-corrected chi connectivity index (χ0v) is 7.24. The number of hydrogen-bond acceptors (Lipinski definition) is 3. The van der Waals surface area contributed by atoms with Crippen LogP contribution in [0.2, 0.25) is 0 Å². The first-order valence-corrected chi connectivity index (χ1v) is 3.92. The molecule has 0 N–H and O–H groups in total. The van der Waals surface area contributed by atoms with Gasteiger partial charge in [-0.15, -0.1) is 0 Å². The maximum atomic E-state index is 11.1. The number of Topliss-reactive ketones (excluding diaryl/α,β-unsaturated/α-hetero) is 2. The molecule has 1 heterocycles. The highest BCUT2D eigenvalue weighted by atomic mass is 16.5. The molecule has 0 spiro atoms. The highest BCUT2D eigenvalue weighted by Crippen LogP contribution is 2.20. The van der Waals surface area contributed by atoms with E-state index < -0.39 is 0 Å². The Morgan fingerprint density at radius 2 is 2.00 bits per heavy atom. The maximum absolute atomic E-state index is 11.1. The van der Waals surface area contributed by atoms with E-state index in [4.69, 9.17) is 4.74 Å². The second-order valence-corrected chi connectivity index (χ2v) is 3.02. The van der Waals surface area contributed by atoms with Gasteiger partial charge < -0.3 is 4.74 Å². The molecule has 0 radical (unpaired) electrons. The fourth-order valence-electron chi connectivity index (χ4n) is 1.33. The Morgan fingerprint density at radius 1 is 1.33 bits per heavy atom. The van der Waals surface area contributed by atoms with Gasteiger partial charge in [-0.2, -0.15) is 0 Å². The summed E-state index contributed by atoms with van der Waals surface area (Å²) in [5, 5.41) is 0. The van der Waals surface area contributed by atoms with Gasteiger partial charge in [-0.05, 0) is 19.9 Å². The Morgan fingerprint density at radius 3 is 2.42 bits per heavy atom. The summed E-state index contributed by atoms with van der Waals surface area (Å²) in [6, 6.07) is 0. The Bertz CT molecular complexity index is 230. The van der Waals surface area contributed by atoms with Crippen molar-refractivity contribution in [2.45, 2.75) is 13.8 Å². The molecule has 2 unspecified atom stereocenters. The lowest BCUT2D eigenvalue weighted by atomic mass is 9.86. The minimum atomic E-state index is -0.285. The van der Waals surface area contributed by atoms with Crippen molar-refractivity contribution in [3.05, 3.63) is 12.3 Å². The van der Waals surface area contributed by atoms with Crippen LogP contribution in [0, 0.1) is 11.8 Å². The van der Waals surface area contributed by atoms with Crippen LogP contribution in [0.1, 0.15) is 13.8 Å². The van der Waals surface area contributed by atoms with Crippen molar-refractivity contribution in [2.75, 3.05) is 6.61 Å². The van der Waals surface area contributed by atoms with E-state index in [1.807, 2.05) is 0 Å². The fraction of sp³-hybridized carbons (Fsp3) is 0.556. The monoisotopic (exact) mass is 168 g/mol. The second-order valence-electron chi connectivity index (χ2n) is 3.02. The molecule has 1 rings (SSSR count). The number of rotatable bonds is 2. The molecule has 0 saturated carbocycles. The molecular formula is C9H12O3. The third-order valence-corrected chi connectivity index (χ3v) is 2.08. The fourth-order valence-corrected chi connectivity index (χ4v) is 1.33. The molecule has 0 aromatic rings. The molecule has 0 fully saturated rings. The van der Waals surface area contributed by atoms with E-state index in [9.17, 15) is 9.59 Å². The molecule has 12 heavy (non-hydrogen) atoms. The summed E-state index contributed by atoms with van der Waals surface area (Å²) in [6.07, 6.45) is 3.14. The Balaban J connectivity index is 2.79. The Labute approximate surface area is 71.4 Å². The van der Waals surface area contributed by atoms with E-state index in [-0.39, 0.29) is 23.4 Å². The third-order valence-electron chi connectivity index (χ3n) is 2.08. The van der Waals surface area contributed by atoms with Gasteiger partial charge in [0.05, 0.1) is 24.7 Å². The van der Waals surface area contributed by atoms with Gasteiger partial charge in [-0.3, -0.25) is 9.59 Å². The van der Waals surface area contributed by atoms with Crippen molar-refractivity contribution in [3.63, 3.8) is 0 Å². The maximum Gasteiger partial charge on any atom is 0.137 e. The summed E-state index contributed by atoms with van der Waals surface area (Å²) in [4.78, 5) is 22.1. The minimum absolute atomic E-state index is 0.0135. The zero-order valence-electron chi connectivity index (χ0n) is 7.24. The van der Waals surface area contributed by atoms with Crippen LogP contribution in [0.15, 0.2) is 12.3 Å². The summed E-state index contributed by atoms with van der Waals surface area (Å²) < 4.78 is 4.97. The van der Waals surface area contributed by atoms with Crippen molar-refractivity contribution < 1.29 is 14.3 Å². The van der Waals surface area contributed by atoms with E-state index >= 15 is 0 Å². The molecule has 0 aliphatic carbocycles. The van der Waals surface area contributed by atoms with E-state index in [0.717, 1.165) is 0 Å². The predicted molar refractivity (Wildman–Crippen MR) is 43.4 cm³/mol. The first-order valence-electron chi connectivity index (χ1n) is 3.92. The van der Waals surface area contributed by atoms with E-state index in [1.165, 1.54) is 20.1 Å². The SMILES string of the molecule is CC(=O)C1C=COCC1C(C)=O. The van der Waals surface area contributed by atoms with Crippen molar-refractivity contribution in [3.8, 4) is 0 Å². The van der Waals surface area contributed by atoms with Crippen LogP contribution < -0.4 is 0 Å². The molecule has 1 aliphatic heterocycles. The topological polar surface area (TPSA) is 43.4 Å². The van der Waals surface area contributed by atoms with E-state index in [1.54, 1.807) is 6.08 Å². The van der Waals surface area contributed by atoms with Crippen LogP contribution in [0.4, 0.5) is 0 Å². The molecule has 0 saturated heterocycles. The normalized spacial score (nSPS) is 27.8. The molecule has 3 nitrogen and oxygen atoms in total. The third kappa shape index (κ3) is 1.72. The number of ketones is 2. The Hall–Kier alpha value is -1.12. The van der Waals surface area contributed by atoms with Crippen LogP contribution in [0.5, 0.6) is 0 Å². The standard InChI is InChI=1S/C9H12O3/c1-6(10)8-3-4-12-5-9(8)7(2)11/h3-4,8-9H,5H2,1-2H3. The minimum Gasteiger partial charge on any atom is -0.501 e. The second kappa shape index (κ2) is 3.52. The number of carbonyl (C=O) groups excluding carboxylic acids is 2. The van der Waals surface area contributed by atoms with Gasteiger partial charge in [0.2, 0.25) is 0 Å². The molecule has 0 amide bonds. The smallest absolute Gasteiger partial charge is 0.137 e. The lowest BCUT2D eigenvalue weighted by Crippen LogP contribution is -2.31. The highest BCUT2D eigenvalue weighted by Gasteiger charge is 2.29. The van der Waals surface area contributed by atoms with Gasteiger partial charge in [0, 0.05) is 0 Å². The van der Waals surface area contributed by atoms with E-state index in [0.29, 0.717) is 6.61 Å². The molecule has 3 heteroatoms. The number of hydrogen-bond donors (Lipinski definition) is 0. The lowest BCUT2D eigenvalue weighted by Gasteiger charge is -2.23. The summed E-state index contributed by atoms with van der Waals surface area (Å²) in [5.74, 6) is -0.530. The largest absolute Gasteiger partial charge is 0.501 e. The predicted octanol–water partition coefficient (Wildman–Crippen LogP) is 0.941. The van der Waals surface area contributed by atoms with Crippen LogP contribution in [-0.2, 0) is 14.3 Å². The van der Waals surface area contributed by atoms with Gasteiger partial charge >= 0.3 is 0 Å². The van der Waals surface area contributed by atoms with Crippen molar-refractivity contribution in [2.24, 2.45) is 11.8 Å². The molecule has 0 bridgehead atoms. The van der Waals surface area contributed by atoms with Gasteiger partial charge in [0.25, 0.3) is 0 Å². The molecular weight excluding hydrogens is 156 g/mol. The number of allylic oxidation sites excluding steroid dienone is 1.